The van der Waals surface area contributed by atoms with Crippen LogP contribution in [-0.4, -0.2) is 27.4 Å². The minimum Gasteiger partial charge on any atom is -0.490 e. The normalized spacial score (nSPS) is 11.1. The highest BCUT2D eigenvalue weighted by atomic mass is 35.5. The van der Waals surface area contributed by atoms with E-state index in [1.54, 1.807) is 48.5 Å². The molecular weight excluding hydrogens is 414 g/mol. The van der Waals surface area contributed by atoms with Gasteiger partial charge in [-0.3, -0.25) is 4.79 Å². The van der Waals surface area contributed by atoms with Gasteiger partial charge >= 0.3 is 0 Å². The van der Waals surface area contributed by atoms with Gasteiger partial charge < -0.3 is 9.47 Å². The maximum Gasteiger partial charge on any atom is 0.238 e. The molecule has 0 saturated carbocycles. The number of hydrogen-bond acceptors (Lipinski definition) is 5. The largest absolute Gasteiger partial charge is 0.490 e. The van der Waals surface area contributed by atoms with Crippen molar-refractivity contribution in [2.24, 2.45) is 5.14 Å². The molecule has 0 aliphatic rings. The van der Waals surface area contributed by atoms with Gasteiger partial charge in [-0.05, 0) is 72.8 Å². The van der Waals surface area contributed by atoms with Gasteiger partial charge in [-0.15, -0.1) is 0 Å². The number of nitrogens with two attached hydrogens (primary N) is 1. The van der Waals surface area contributed by atoms with Crippen LogP contribution in [-0.2, 0) is 10.0 Å². The summed E-state index contributed by atoms with van der Waals surface area (Å²) in [7, 11) is -3.72. The van der Waals surface area contributed by atoms with E-state index in [-0.39, 0.29) is 23.9 Å². The Kier molecular flexibility index (Phi) is 6.53. The van der Waals surface area contributed by atoms with E-state index < -0.39 is 10.0 Å². The first-order chi connectivity index (χ1) is 13.8. The third-order valence-corrected chi connectivity index (χ3v) is 5.18. The number of halogens is 1. The number of ether oxygens (including phenoxy) is 2. The summed E-state index contributed by atoms with van der Waals surface area (Å²) in [6, 6.07) is 19.3. The van der Waals surface area contributed by atoms with E-state index >= 15 is 0 Å². The number of benzene rings is 3. The number of rotatable bonds is 8. The Morgan fingerprint density at radius 2 is 1.17 bits per heavy atom. The molecule has 3 rings (SSSR count). The van der Waals surface area contributed by atoms with Gasteiger partial charge in [0.1, 0.15) is 24.7 Å². The zero-order valence-electron chi connectivity index (χ0n) is 15.2. The van der Waals surface area contributed by atoms with Crippen molar-refractivity contribution < 1.29 is 22.7 Å². The van der Waals surface area contributed by atoms with Crippen LogP contribution in [0.3, 0.4) is 0 Å². The van der Waals surface area contributed by atoms with Crippen molar-refractivity contribution in [1.82, 2.24) is 0 Å². The van der Waals surface area contributed by atoms with Gasteiger partial charge in [0.05, 0.1) is 4.90 Å². The molecule has 8 heteroatoms. The lowest BCUT2D eigenvalue weighted by molar-refractivity contribution is 0.103. The van der Waals surface area contributed by atoms with E-state index in [0.717, 1.165) is 0 Å². The van der Waals surface area contributed by atoms with Crippen molar-refractivity contribution >= 4 is 27.4 Å². The lowest BCUT2D eigenvalue weighted by Gasteiger charge is -2.09. The molecule has 29 heavy (non-hydrogen) atoms. The molecule has 3 aromatic carbocycles. The Labute approximate surface area is 173 Å². The van der Waals surface area contributed by atoms with Crippen LogP contribution in [0.5, 0.6) is 11.5 Å². The second kappa shape index (κ2) is 9.09. The van der Waals surface area contributed by atoms with Crippen molar-refractivity contribution in [3.05, 3.63) is 88.9 Å². The highest BCUT2D eigenvalue weighted by molar-refractivity contribution is 7.89. The summed E-state index contributed by atoms with van der Waals surface area (Å²) in [6.07, 6.45) is 0. The van der Waals surface area contributed by atoms with Crippen LogP contribution < -0.4 is 14.6 Å². The van der Waals surface area contributed by atoms with Gasteiger partial charge in [0.15, 0.2) is 5.78 Å². The molecule has 0 radical (unpaired) electrons. The summed E-state index contributed by atoms with van der Waals surface area (Å²) in [5.41, 5.74) is 1.11. The molecule has 0 aliphatic heterocycles. The molecule has 0 heterocycles. The van der Waals surface area contributed by atoms with E-state index in [1.165, 1.54) is 24.3 Å². The number of sulfonamides is 1. The predicted octanol–water partition coefficient (Wildman–Crippen LogP) is 3.68. The Bertz CT molecular complexity index is 1080. The van der Waals surface area contributed by atoms with Crippen LogP contribution in [0.25, 0.3) is 0 Å². The minimum absolute atomic E-state index is 0.0225. The van der Waals surface area contributed by atoms with Crippen molar-refractivity contribution in [3.63, 3.8) is 0 Å². The van der Waals surface area contributed by atoms with Gasteiger partial charge in [-0.1, -0.05) is 11.6 Å². The third kappa shape index (κ3) is 5.80. The quantitative estimate of drug-likeness (QED) is 0.433. The van der Waals surface area contributed by atoms with E-state index in [4.69, 9.17) is 26.2 Å². The fourth-order valence-corrected chi connectivity index (χ4v) is 3.16. The zero-order valence-corrected chi connectivity index (χ0v) is 16.8. The first-order valence-electron chi connectivity index (χ1n) is 8.62. The summed E-state index contributed by atoms with van der Waals surface area (Å²) in [5.74, 6) is 1.01. The molecule has 0 amide bonds. The van der Waals surface area contributed by atoms with E-state index in [2.05, 4.69) is 0 Å². The number of ketones is 1. The molecule has 0 unspecified atom stereocenters. The first kappa shape index (κ1) is 20.9. The van der Waals surface area contributed by atoms with Crippen LogP contribution in [0.2, 0.25) is 5.02 Å². The molecule has 2 N–H and O–H groups in total. The Balaban J connectivity index is 1.49. The maximum atomic E-state index is 12.4. The molecule has 0 atom stereocenters. The van der Waals surface area contributed by atoms with Gasteiger partial charge in [0, 0.05) is 16.1 Å². The summed E-state index contributed by atoms with van der Waals surface area (Å²) in [6.45, 7) is 0.543. The minimum atomic E-state index is -3.72. The van der Waals surface area contributed by atoms with Crippen LogP contribution in [0, 0.1) is 0 Å². The molecule has 150 valence electrons. The Morgan fingerprint density at radius 1 is 0.759 bits per heavy atom. The van der Waals surface area contributed by atoms with Gasteiger partial charge in [0.2, 0.25) is 10.0 Å². The number of carbonyl (C=O) groups excluding carboxylic acids is 1. The Hall–Kier alpha value is -2.87. The van der Waals surface area contributed by atoms with Crippen molar-refractivity contribution in [2.75, 3.05) is 13.2 Å². The topological polar surface area (TPSA) is 95.7 Å². The molecule has 6 nitrogen and oxygen atoms in total. The van der Waals surface area contributed by atoms with E-state index in [0.29, 0.717) is 27.6 Å². The molecule has 3 aromatic rings. The predicted molar refractivity (Wildman–Crippen MR) is 110 cm³/mol. The Morgan fingerprint density at radius 3 is 1.62 bits per heavy atom. The summed E-state index contributed by atoms with van der Waals surface area (Å²) in [5, 5.41) is 5.62. The average molecular weight is 432 g/mol. The average Bonchev–Trinajstić information content (AvgIpc) is 2.71. The third-order valence-electron chi connectivity index (χ3n) is 4.00. The second-order valence-corrected chi connectivity index (χ2v) is 8.07. The van der Waals surface area contributed by atoms with Gasteiger partial charge in [0.25, 0.3) is 0 Å². The fraction of sp³-hybridized carbons (Fsp3) is 0.0952. The lowest BCUT2D eigenvalue weighted by Crippen LogP contribution is -2.12. The van der Waals surface area contributed by atoms with E-state index in [1.807, 2.05) is 0 Å². The van der Waals surface area contributed by atoms with Crippen LogP contribution in [0.4, 0.5) is 0 Å². The molecule has 0 spiro atoms. The monoisotopic (exact) mass is 431 g/mol. The van der Waals surface area contributed by atoms with Gasteiger partial charge in [-0.2, -0.15) is 0 Å². The molecule has 0 bridgehead atoms. The standard InChI is InChI=1S/C21H18ClNO5S/c22-17-5-1-15(2-6-17)21(24)16-3-7-18(8-4-16)27-13-14-28-19-9-11-20(12-10-19)29(23,25)26/h1-12H,13-14H2,(H2,23,25,26). The fourth-order valence-electron chi connectivity index (χ4n) is 2.52. The molecule has 0 saturated heterocycles. The summed E-state index contributed by atoms with van der Waals surface area (Å²) >= 11 is 5.84. The van der Waals surface area contributed by atoms with Crippen LogP contribution in [0.15, 0.2) is 77.7 Å². The van der Waals surface area contributed by atoms with Gasteiger partial charge in [-0.25, -0.2) is 13.6 Å². The molecule has 0 aromatic heterocycles. The highest BCUT2D eigenvalue weighted by Crippen LogP contribution is 2.18. The second-order valence-electron chi connectivity index (χ2n) is 6.07. The van der Waals surface area contributed by atoms with Crippen molar-refractivity contribution in [3.8, 4) is 11.5 Å². The smallest absolute Gasteiger partial charge is 0.238 e. The van der Waals surface area contributed by atoms with Crippen LogP contribution >= 0.6 is 11.6 Å². The first-order valence-corrected chi connectivity index (χ1v) is 10.5. The summed E-state index contributed by atoms with van der Waals surface area (Å²) < 4.78 is 33.5. The molecule has 0 aliphatic carbocycles. The molecular formula is C21H18ClNO5S. The summed E-state index contributed by atoms with van der Waals surface area (Å²) in [4.78, 5) is 12.4. The number of carbonyl (C=O) groups is 1. The number of primary sulfonamides is 1. The lowest BCUT2D eigenvalue weighted by atomic mass is 10.0. The maximum absolute atomic E-state index is 12.4. The SMILES string of the molecule is NS(=O)(=O)c1ccc(OCCOc2ccc(C(=O)c3ccc(Cl)cc3)cc2)cc1. The van der Waals surface area contributed by atoms with Crippen molar-refractivity contribution in [2.45, 2.75) is 4.90 Å². The van der Waals surface area contributed by atoms with E-state index in [9.17, 15) is 13.2 Å². The molecule has 0 fully saturated rings. The number of hydrogen-bond donors (Lipinski definition) is 1. The highest BCUT2D eigenvalue weighted by Gasteiger charge is 2.09. The zero-order chi connectivity index (χ0) is 20.9. The van der Waals surface area contributed by atoms with Crippen LogP contribution in [0.1, 0.15) is 15.9 Å². The van der Waals surface area contributed by atoms with Crippen molar-refractivity contribution in [1.29, 1.82) is 0 Å².